The standard InChI is InChI=1S/C14H22ClN3O/c1-5-11(6-2)18(9-10(3)4)14(19)12-7-16-8-13(15)17-12/h7-8,10-11H,5-6,9H2,1-4H3. The van der Waals surface area contributed by atoms with E-state index in [1.807, 2.05) is 4.90 Å². The van der Waals surface area contributed by atoms with Crippen LogP contribution in [0.5, 0.6) is 0 Å². The average molecular weight is 284 g/mol. The predicted octanol–water partition coefficient (Wildman–Crippen LogP) is 3.42. The summed E-state index contributed by atoms with van der Waals surface area (Å²) < 4.78 is 0. The van der Waals surface area contributed by atoms with Crippen molar-refractivity contribution in [3.63, 3.8) is 0 Å². The Labute approximate surface area is 120 Å². The van der Waals surface area contributed by atoms with E-state index in [-0.39, 0.29) is 17.1 Å². The number of nitrogens with zero attached hydrogens (tertiary/aromatic N) is 3. The van der Waals surface area contributed by atoms with E-state index in [4.69, 9.17) is 11.6 Å². The minimum atomic E-state index is -0.0857. The fraction of sp³-hybridized carbons (Fsp3) is 0.643. The van der Waals surface area contributed by atoms with Crippen molar-refractivity contribution >= 4 is 17.5 Å². The summed E-state index contributed by atoms with van der Waals surface area (Å²) in [5.74, 6) is 0.328. The Kier molecular flexibility index (Phi) is 6.22. The van der Waals surface area contributed by atoms with Gasteiger partial charge in [0.25, 0.3) is 5.91 Å². The maximum absolute atomic E-state index is 12.6. The van der Waals surface area contributed by atoms with Crippen LogP contribution in [0.25, 0.3) is 0 Å². The molecule has 0 saturated carbocycles. The SMILES string of the molecule is CCC(CC)N(CC(C)C)C(=O)c1cncc(Cl)n1. The molecule has 106 valence electrons. The molecule has 0 saturated heterocycles. The maximum atomic E-state index is 12.6. The van der Waals surface area contributed by atoms with Gasteiger partial charge in [0.05, 0.1) is 12.4 Å². The van der Waals surface area contributed by atoms with E-state index in [1.165, 1.54) is 12.4 Å². The van der Waals surface area contributed by atoms with Crippen LogP contribution < -0.4 is 0 Å². The Morgan fingerprint density at radius 1 is 1.32 bits per heavy atom. The van der Waals surface area contributed by atoms with Gasteiger partial charge in [-0.2, -0.15) is 0 Å². The first-order chi connectivity index (χ1) is 8.99. The molecule has 0 aliphatic carbocycles. The second-order valence-electron chi connectivity index (χ2n) is 5.05. The molecule has 0 bridgehead atoms. The van der Waals surface area contributed by atoms with Gasteiger partial charge in [0.2, 0.25) is 0 Å². The highest BCUT2D eigenvalue weighted by Gasteiger charge is 2.24. The zero-order chi connectivity index (χ0) is 14.4. The van der Waals surface area contributed by atoms with Gasteiger partial charge >= 0.3 is 0 Å². The molecule has 0 atom stereocenters. The van der Waals surface area contributed by atoms with Crippen molar-refractivity contribution < 1.29 is 4.79 Å². The highest BCUT2D eigenvalue weighted by Crippen LogP contribution is 2.15. The molecular formula is C14H22ClN3O. The van der Waals surface area contributed by atoms with Crippen LogP contribution in [0.2, 0.25) is 5.15 Å². The number of rotatable bonds is 6. The van der Waals surface area contributed by atoms with E-state index in [9.17, 15) is 4.79 Å². The Hall–Kier alpha value is -1.16. The molecule has 1 amide bonds. The van der Waals surface area contributed by atoms with E-state index >= 15 is 0 Å². The van der Waals surface area contributed by atoms with Crippen molar-refractivity contribution in [2.45, 2.75) is 46.6 Å². The lowest BCUT2D eigenvalue weighted by Gasteiger charge is -2.31. The minimum Gasteiger partial charge on any atom is -0.334 e. The lowest BCUT2D eigenvalue weighted by atomic mass is 10.1. The lowest BCUT2D eigenvalue weighted by Crippen LogP contribution is -2.42. The van der Waals surface area contributed by atoms with Gasteiger partial charge in [-0.15, -0.1) is 0 Å². The van der Waals surface area contributed by atoms with Crippen molar-refractivity contribution in [2.24, 2.45) is 5.92 Å². The summed E-state index contributed by atoms with van der Waals surface area (Å²) in [4.78, 5) is 22.5. The van der Waals surface area contributed by atoms with Crippen molar-refractivity contribution in [3.05, 3.63) is 23.2 Å². The Morgan fingerprint density at radius 2 is 1.95 bits per heavy atom. The predicted molar refractivity (Wildman–Crippen MR) is 77.3 cm³/mol. The molecule has 0 spiro atoms. The zero-order valence-electron chi connectivity index (χ0n) is 12.1. The molecule has 0 aliphatic heterocycles. The third-order valence-electron chi connectivity index (χ3n) is 3.03. The molecule has 1 rings (SSSR count). The molecule has 0 fully saturated rings. The van der Waals surface area contributed by atoms with Gasteiger partial charge in [0.15, 0.2) is 0 Å². The van der Waals surface area contributed by atoms with Gasteiger partial charge in [-0.3, -0.25) is 9.78 Å². The Balaban J connectivity index is 2.99. The van der Waals surface area contributed by atoms with Crippen LogP contribution in [0.3, 0.4) is 0 Å². The van der Waals surface area contributed by atoms with Gasteiger partial charge in [0, 0.05) is 12.6 Å². The molecule has 5 heteroatoms. The van der Waals surface area contributed by atoms with E-state index in [0.717, 1.165) is 19.4 Å². The van der Waals surface area contributed by atoms with E-state index < -0.39 is 0 Å². The minimum absolute atomic E-state index is 0.0857. The number of hydrogen-bond donors (Lipinski definition) is 0. The van der Waals surface area contributed by atoms with Gasteiger partial charge in [0.1, 0.15) is 10.8 Å². The number of amides is 1. The second-order valence-corrected chi connectivity index (χ2v) is 5.44. The third kappa shape index (κ3) is 4.46. The highest BCUT2D eigenvalue weighted by atomic mass is 35.5. The first-order valence-corrected chi connectivity index (χ1v) is 7.15. The van der Waals surface area contributed by atoms with E-state index in [2.05, 4.69) is 37.7 Å². The second kappa shape index (κ2) is 7.43. The van der Waals surface area contributed by atoms with E-state index in [0.29, 0.717) is 11.6 Å². The molecule has 4 nitrogen and oxygen atoms in total. The quantitative estimate of drug-likeness (QED) is 0.804. The number of hydrogen-bond acceptors (Lipinski definition) is 3. The summed E-state index contributed by atoms with van der Waals surface area (Å²) in [6, 6.07) is 0.232. The first kappa shape index (κ1) is 15.9. The van der Waals surface area contributed by atoms with Gasteiger partial charge < -0.3 is 4.90 Å². The monoisotopic (exact) mass is 283 g/mol. The Bertz CT molecular complexity index is 419. The fourth-order valence-corrected chi connectivity index (χ4v) is 2.26. The molecule has 0 aliphatic rings. The smallest absolute Gasteiger partial charge is 0.274 e. The van der Waals surface area contributed by atoms with Crippen LogP contribution in [-0.2, 0) is 0 Å². The van der Waals surface area contributed by atoms with Crippen LogP contribution >= 0.6 is 11.6 Å². The summed E-state index contributed by atoms with van der Waals surface area (Å²) in [6.07, 6.45) is 4.78. The van der Waals surface area contributed by atoms with Crippen molar-refractivity contribution in [1.82, 2.24) is 14.9 Å². The molecule has 1 aromatic heterocycles. The molecule has 1 aromatic rings. The summed E-state index contributed by atoms with van der Waals surface area (Å²) in [5, 5.41) is 0.250. The first-order valence-electron chi connectivity index (χ1n) is 6.78. The molecule has 19 heavy (non-hydrogen) atoms. The zero-order valence-corrected chi connectivity index (χ0v) is 12.8. The van der Waals surface area contributed by atoms with Gasteiger partial charge in [-0.25, -0.2) is 4.98 Å². The molecule has 0 aromatic carbocycles. The summed E-state index contributed by atoms with van der Waals surface area (Å²) in [6.45, 7) is 9.12. The van der Waals surface area contributed by atoms with Crippen molar-refractivity contribution in [3.8, 4) is 0 Å². The van der Waals surface area contributed by atoms with Gasteiger partial charge in [-0.05, 0) is 18.8 Å². The van der Waals surface area contributed by atoms with Crippen molar-refractivity contribution in [2.75, 3.05) is 6.54 Å². The van der Waals surface area contributed by atoms with Crippen LogP contribution in [0.15, 0.2) is 12.4 Å². The summed E-state index contributed by atoms with van der Waals surface area (Å²) in [5.41, 5.74) is 0.319. The molecule has 1 heterocycles. The maximum Gasteiger partial charge on any atom is 0.274 e. The van der Waals surface area contributed by atoms with Crippen LogP contribution in [0, 0.1) is 5.92 Å². The highest BCUT2D eigenvalue weighted by molar-refractivity contribution is 6.29. The number of halogens is 1. The number of aromatic nitrogens is 2. The van der Waals surface area contributed by atoms with Crippen LogP contribution in [0.1, 0.15) is 51.0 Å². The normalized spacial score (nSPS) is 11.1. The Morgan fingerprint density at radius 3 is 2.42 bits per heavy atom. The number of carbonyl (C=O) groups is 1. The fourth-order valence-electron chi connectivity index (χ4n) is 2.11. The van der Waals surface area contributed by atoms with Gasteiger partial charge in [-0.1, -0.05) is 39.3 Å². The molecule has 0 N–H and O–H groups in total. The van der Waals surface area contributed by atoms with Crippen LogP contribution in [0.4, 0.5) is 0 Å². The topological polar surface area (TPSA) is 46.1 Å². The van der Waals surface area contributed by atoms with Crippen LogP contribution in [-0.4, -0.2) is 33.4 Å². The summed E-state index contributed by atoms with van der Waals surface area (Å²) >= 11 is 5.80. The number of carbonyl (C=O) groups excluding carboxylic acids is 1. The van der Waals surface area contributed by atoms with E-state index in [1.54, 1.807) is 0 Å². The molecule has 0 unspecified atom stereocenters. The largest absolute Gasteiger partial charge is 0.334 e. The lowest BCUT2D eigenvalue weighted by molar-refractivity contribution is 0.0633. The average Bonchev–Trinajstić information content (AvgIpc) is 2.37. The van der Waals surface area contributed by atoms with Crippen molar-refractivity contribution in [1.29, 1.82) is 0 Å². The summed E-state index contributed by atoms with van der Waals surface area (Å²) in [7, 11) is 0. The molecular weight excluding hydrogens is 262 g/mol. The molecule has 0 radical (unpaired) electrons. The third-order valence-corrected chi connectivity index (χ3v) is 3.21.